The van der Waals surface area contributed by atoms with Gasteiger partial charge in [-0.2, -0.15) is 5.10 Å². The number of halogens is 1. The molecule has 1 saturated carbocycles. The Labute approximate surface area is 241 Å². The fourth-order valence-electron chi connectivity index (χ4n) is 4.04. The number of aromatic nitrogens is 4. The van der Waals surface area contributed by atoms with E-state index >= 15 is 4.39 Å². The molecule has 3 aromatic rings. The molecule has 0 aliphatic heterocycles. The van der Waals surface area contributed by atoms with Gasteiger partial charge in [0.1, 0.15) is 11.5 Å². The minimum Gasteiger partial charge on any atom is -0.494 e. The van der Waals surface area contributed by atoms with Crippen molar-refractivity contribution in [3.05, 3.63) is 41.5 Å². The van der Waals surface area contributed by atoms with Crippen molar-refractivity contribution < 1.29 is 27.6 Å². The third-order valence-electron chi connectivity index (χ3n) is 6.45. The van der Waals surface area contributed by atoms with Crippen molar-refractivity contribution >= 4 is 34.9 Å². The van der Waals surface area contributed by atoms with Crippen LogP contribution in [-0.2, 0) is 11.8 Å². The van der Waals surface area contributed by atoms with Gasteiger partial charge in [0.2, 0.25) is 5.91 Å². The largest absolute Gasteiger partial charge is 0.494 e. The van der Waals surface area contributed by atoms with Gasteiger partial charge in [0, 0.05) is 61.9 Å². The number of carbonyl (C=O) groups excluding carboxylic acids is 3. The first-order valence-electron chi connectivity index (χ1n) is 14.3. The van der Waals surface area contributed by atoms with E-state index in [9.17, 15) is 14.4 Å². The summed E-state index contributed by atoms with van der Waals surface area (Å²) in [5.74, 6) is -2.40. The van der Waals surface area contributed by atoms with Crippen molar-refractivity contribution in [1.29, 1.82) is 0 Å². The van der Waals surface area contributed by atoms with Gasteiger partial charge < -0.3 is 30.5 Å². The summed E-state index contributed by atoms with van der Waals surface area (Å²) in [5.41, 5.74) is 0.215. The maximum Gasteiger partial charge on any atom is 0.273 e. The van der Waals surface area contributed by atoms with Gasteiger partial charge in [-0.3, -0.25) is 19.1 Å². The topological polar surface area (TPSA) is 147 Å². The Hall–Kier alpha value is -4.59. The summed E-state index contributed by atoms with van der Waals surface area (Å²) in [6, 6.07) is 5.09. The van der Waals surface area contributed by atoms with Crippen LogP contribution >= 0.6 is 0 Å². The molecule has 1 aromatic carbocycles. The lowest BCUT2D eigenvalue weighted by molar-refractivity contribution is -0.117. The number of methoxy groups -OCH3 is 1. The van der Waals surface area contributed by atoms with E-state index in [1.54, 1.807) is 19.0 Å². The lowest BCUT2D eigenvalue weighted by Gasteiger charge is -2.19. The molecule has 4 rings (SSSR count). The third-order valence-corrected chi connectivity index (χ3v) is 6.45. The van der Waals surface area contributed by atoms with E-state index in [1.165, 1.54) is 30.0 Å². The minimum absolute atomic E-state index is 0.00306. The molecule has 2 aromatic heterocycles. The number of nitrogens with zero attached hydrogens (tertiary/aromatic N) is 6. The molecular weight excluding hydrogens is 533 g/mol. The molecule has 0 unspecified atom stereocenters. The van der Waals surface area contributed by atoms with Crippen LogP contribution < -0.4 is 20.7 Å². The van der Waals surface area contributed by atoms with E-state index in [0.717, 1.165) is 18.9 Å². The van der Waals surface area contributed by atoms with Gasteiger partial charge in [-0.05, 0) is 39.1 Å². The maximum absolute atomic E-state index is 15.1. The van der Waals surface area contributed by atoms with Crippen LogP contribution in [0.1, 0.15) is 37.9 Å². The van der Waals surface area contributed by atoms with E-state index < -0.39 is 24.4 Å². The van der Waals surface area contributed by atoms with Crippen molar-refractivity contribution in [1.82, 2.24) is 35.1 Å². The maximum atomic E-state index is 15.1. The van der Waals surface area contributed by atoms with Gasteiger partial charge in [-0.25, -0.2) is 4.39 Å². The number of rotatable bonds is 11. The van der Waals surface area contributed by atoms with Gasteiger partial charge in [-0.15, -0.1) is 10.2 Å². The van der Waals surface area contributed by atoms with E-state index in [2.05, 4.69) is 25.9 Å². The van der Waals surface area contributed by atoms with Gasteiger partial charge in [0.15, 0.2) is 17.3 Å². The molecule has 1 aliphatic carbocycles. The van der Waals surface area contributed by atoms with Gasteiger partial charge in [0.25, 0.3) is 11.8 Å². The molecule has 0 radical (unpaired) electrons. The number of ether oxygens (including phenoxy) is 1. The van der Waals surface area contributed by atoms with Crippen LogP contribution in [0.5, 0.6) is 5.75 Å². The molecule has 0 spiro atoms. The Kier molecular flexibility index (Phi) is 7.61. The predicted octanol–water partition coefficient (Wildman–Crippen LogP) is 2.11. The number of hydrogen-bond acceptors (Lipinski definition) is 9. The highest BCUT2D eigenvalue weighted by atomic mass is 19.1. The second-order valence-corrected chi connectivity index (χ2v) is 9.94. The molecule has 1 fully saturated rings. The van der Waals surface area contributed by atoms with Crippen LogP contribution in [0, 0.1) is 11.7 Å². The third kappa shape index (κ3) is 6.77. The van der Waals surface area contributed by atoms with Crippen LogP contribution in [0.25, 0.3) is 11.3 Å². The lowest BCUT2D eigenvalue weighted by atomic mass is 10.1. The Morgan fingerprint density at radius 3 is 2.54 bits per heavy atom. The standard InChI is InChI=1S/C27H34FN9O4/c1-29-26(39)23-19(14-22(32-33-23)31-25(38)15-7-8-15)30-20-12-16(28)11-17(24(20)41-6)18-13-21(37(5)34-18)27(40)36(4)10-9-35(2)3/h11-15H,7-10H2,1-6H3,(H,29,39)(H2,30,31,32,38)/i1D3. The first kappa shape index (κ1) is 25.4. The SMILES string of the molecule is [2H]C([2H])([2H])NC(=O)c1nnc(NC(=O)C2CC2)cc1Nc1cc(F)cc(-c2cc(C(=O)N(C)CCN(C)C)n(C)n2)c1OC. The second-order valence-electron chi connectivity index (χ2n) is 9.94. The number of anilines is 3. The van der Waals surface area contributed by atoms with Gasteiger partial charge in [-0.1, -0.05) is 0 Å². The highest BCUT2D eigenvalue weighted by Gasteiger charge is 2.30. The number of aryl methyl sites for hydroxylation is 1. The Morgan fingerprint density at radius 2 is 1.88 bits per heavy atom. The van der Waals surface area contributed by atoms with Gasteiger partial charge in [0.05, 0.1) is 24.2 Å². The normalized spacial score (nSPS) is 14.1. The van der Waals surface area contributed by atoms with Crippen molar-refractivity contribution in [2.24, 2.45) is 13.0 Å². The highest BCUT2D eigenvalue weighted by molar-refractivity contribution is 6.00. The zero-order chi connectivity index (χ0) is 32.3. The van der Waals surface area contributed by atoms with Crippen LogP contribution in [0.15, 0.2) is 24.3 Å². The quantitative estimate of drug-likeness (QED) is 0.315. The highest BCUT2D eigenvalue weighted by Crippen LogP contribution is 2.39. The molecule has 3 N–H and O–H groups in total. The molecule has 41 heavy (non-hydrogen) atoms. The summed E-state index contributed by atoms with van der Waals surface area (Å²) in [5, 5.41) is 19.5. The average Bonchev–Trinajstić information content (AvgIpc) is 3.72. The number of nitrogens with one attached hydrogen (secondary N) is 3. The molecule has 3 amide bonds. The summed E-state index contributed by atoms with van der Waals surface area (Å²) in [7, 11) is 8.42. The fraction of sp³-hybridized carbons (Fsp3) is 0.407. The number of likely N-dealkylation sites (N-methyl/N-ethyl adjacent to an activating group) is 2. The Balaban J connectivity index is 1.72. The molecule has 1 aliphatic rings. The summed E-state index contributed by atoms with van der Waals surface area (Å²) in [6.07, 6.45) is 1.47. The number of hydrogen-bond donors (Lipinski definition) is 3. The van der Waals surface area contributed by atoms with Crippen LogP contribution in [0.2, 0.25) is 0 Å². The minimum atomic E-state index is -2.83. The van der Waals surface area contributed by atoms with Crippen molar-refractivity contribution in [2.45, 2.75) is 12.8 Å². The molecule has 218 valence electrons. The average molecular weight is 571 g/mol. The summed E-state index contributed by atoms with van der Waals surface area (Å²) in [6.45, 7) is -1.69. The number of carbonyl (C=O) groups is 3. The van der Waals surface area contributed by atoms with Gasteiger partial charge >= 0.3 is 0 Å². The smallest absolute Gasteiger partial charge is 0.273 e. The molecule has 2 heterocycles. The fourth-order valence-corrected chi connectivity index (χ4v) is 4.04. The van der Waals surface area contributed by atoms with Crippen LogP contribution in [0.4, 0.5) is 21.6 Å². The summed E-state index contributed by atoms with van der Waals surface area (Å²) >= 11 is 0. The predicted molar refractivity (Wildman–Crippen MR) is 151 cm³/mol. The monoisotopic (exact) mass is 570 g/mol. The zero-order valence-electron chi connectivity index (χ0n) is 26.4. The van der Waals surface area contributed by atoms with Crippen LogP contribution in [0.3, 0.4) is 0 Å². The second kappa shape index (κ2) is 12.3. The van der Waals surface area contributed by atoms with Crippen LogP contribution in [-0.4, -0.2) is 95.8 Å². The molecule has 13 nitrogen and oxygen atoms in total. The van der Waals surface area contributed by atoms with E-state index in [-0.39, 0.29) is 57.6 Å². The van der Waals surface area contributed by atoms with Crippen molar-refractivity contribution in [3.8, 4) is 17.0 Å². The lowest BCUT2D eigenvalue weighted by Crippen LogP contribution is -2.34. The van der Waals surface area contributed by atoms with Crippen molar-refractivity contribution in [2.75, 3.05) is 59.0 Å². The van der Waals surface area contributed by atoms with E-state index in [1.807, 2.05) is 24.3 Å². The molecule has 0 atom stereocenters. The van der Waals surface area contributed by atoms with E-state index in [0.29, 0.717) is 13.1 Å². The first-order chi connectivity index (χ1) is 20.7. The molecule has 0 saturated heterocycles. The summed E-state index contributed by atoms with van der Waals surface area (Å²) in [4.78, 5) is 41.8. The van der Waals surface area contributed by atoms with E-state index in [4.69, 9.17) is 8.85 Å². The molecule has 14 heteroatoms. The number of benzene rings is 1. The Morgan fingerprint density at radius 1 is 1.12 bits per heavy atom. The Bertz CT molecular complexity index is 1570. The zero-order valence-corrected chi connectivity index (χ0v) is 23.4. The first-order valence-corrected chi connectivity index (χ1v) is 12.8. The summed E-state index contributed by atoms with van der Waals surface area (Å²) < 4.78 is 44.3. The number of amides is 3. The van der Waals surface area contributed by atoms with Crippen molar-refractivity contribution in [3.63, 3.8) is 0 Å². The molecule has 0 bridgehead atoms. The molecular formula is C27H34FN9O4.